The largest absolute Gasteiger partial charge is 0.465 e. The number of hydrogen-bond donors (Lipinski definition) is 0. The van der Waals surface area contributed by atoms with Crippen LogP contribution in [-0.4, -0.2) is 26.2 Å². The van der Waals surface area contributed by atoms with Crippen LogP contribution in [0.3, 0.4) is 0 Å². The van der Waals surface area contributed by atoms with Crippen molar-refractivity contribution in [2.75, 3.05) is 25.1 Å². The first kappa shape index (κ1) is 14.1. The molecule has 0 spiro atoms. The van der Waals surface area contributed by atoms with Gasteiger partial charge in [0.25, 0.3) is 0 Å². The Morgan fingerprint density at radius 1 is 1.43 bits per heavy atom. The number of carbonyl (C=O) groups is 1. The van der Waals surface area contributed by atoms with Gasteiger partial charge < -0.3 is 9.64 Å². The molecular formula is C15H14N2O2S2. The number of nitriles is 1. The minimum Gasteiger partial charge on any atom is -0.465 e. The SMILES string of the molecule is COC(=O)c1sc(N2CCCC2)c(C#N)c1-c1cccs1. The molecule has 21 heavy (non-hydrogen) atoms. The van der Waals surface area contributed by atoms with Gasteiger partial charge in [0, 0.05) is 23.5 Å². The van der Waals surface area contributed by atoms with Crippen LogP contribution in [0.25, 0.3) is 10.4 Å². The Kier molecular flexibility index (Phi) is 3.95. The van der Waals surface area contributed by atoms with Crippen molar-refractivity contribution in [2.24, 2.45) is 0 Å². The molecule has 3 heterocycles. The molecule has 108 valence electrons. The Morgan fingerprint density at radius 3 is 2.76 bits per heavy atom. The van der Waals surface area contributed by atoms with E-state index in [-0.39, 0.29) is 5.97 Å². The minimum absolute atomic E-state index is 0.370. The first-order chi connectivity index (χ1) is 10.3. The molecule has 1 fully saturated rings. The molecule has 0 aromatic carbocycles. The maximum Gasteiger partial charge on any atom is 0.348 e. The van der Waals surface area contributed by atoms with E-state index in [1.54, 1.807) is 0 Å². The first-order valence-corrected chi connectivity index (χ1v) is 8.40. The molecule has 1 aliphatic heterocycles. The van der Waals surface area contributed by atoms with E-state index in [1.807, 2.05) is 17.5 Å². The maximum absolute atomic E-state index is 12.1. The van der Waals surface area contributed by atoms with Crippen LogP contribution in [0, 0.1) is 11.3 Å². The Morgan fingerprint density at radius 2 is 2.19 bits per heavy atom. The van der Waals surface area contributed by atoms with Crippen LogP contribution >= 0.6 is 22.7 Å². The second kappa shape index (κ2) is 5.88. The van der Waals surface area contributed by atoms with Gasteiger partial charge in [-0.1, -0.05) is 6.07 Å². The number of hydrogen-bond acceptors (Lipinski definition) is 6. The lowest BCUT2D eigenvalue weighted by Gasteiger charge is -2.15. The summed E-state index contributed by atoms with van der Waals surface area (Å²) in [5.41, 5.74) is 1.33. The fraction of sp³-hybridized carbons (Fsp3) is 0.333. The number of carbonyl (C=O) groups excluding carboxylic acids is 1. The van der Waals surface area contributed by atoms with Gasteiger partial charge in [0.1, 0.15) is 15.9 Å². The van der Waals surface area contributed by atoms with Crippen molar-refractivity contribution in [2.45, 2.75) is 12.8 Å². The van der Waals surface area contributed by atoms with Crippen molar-refractivity contribution in [3.8, 4) is 16.5 Å². The lowest BCUT2D eigenvalue weighted by atomic mass is 10.1. The van der Waals surface area contributed by atoms with Crippen LogP contribution in [-0.2, 0) is 4.74 Å². The zero-order chi connectivity index (χ0) is 14.8. The predicted octanol–water partition coefficient (Wildman–Crippen LogP) is 3.74. The fourth-order valence-electron chi connectivity index (χ4n) is 2.56. The van der Waals surface area contributed by atoms with Gasteiger partial charge in [0.2, 0.25) is 0 Å². The second-order valence-electron chi connectivity index (χ2n) is 4.76. The first-order valence-electron chi connectivity index (χ1n) is 6.70. The van der Waals surface area contributed by atoms with E-state index < -0.39 is 0 Å². The molecule has 0 bridgehead atoms. The standard InChI is InChI=1S/C15H14N2O2S2/c1-19-15(18)13-12(11-5-4-8-20-11)10(9-16)14(21-13)17-6-2-3-7-17/h4-5,8H,2-3,6-7H2,1H3. The molecule has 0 N–H and O–H groups in total. The molecule has 1 saturated heterocycles. The van der Waals surface area contributed by atoms with E-state index in [0.717, 1.165) is 41.4 Å². The van der Waals surface area contributed by atoms with Gasteiger partial charge in [0.05, 0.1) is 12.7 Å². The molecule has 0 aliphatic carbocycles. The molecule has 0 amide bonds. The lowest BCUT2D eigenvalue weighted by Crippen LogP contribution is -2.17. The number of methoxy groups -OCH3 is 1. The summed E-state index contributed by atoms with van der Waals surface area (Å²) in [5, 5.41) is 12.5. The van der Waals surface area contributed by atoms with Gasteiger partial charge in [-0.15, -0.1) is 22.7 Å². The quantitative estimate of drug-likeness (QED) is 0.809. The number of thiophene rings is 2. The third-order valence-electron chi connectivity index (χ3n) is 3.53. The van der Waals surface area contributed by atoms with E-state index in [4.69, 9.17) is 4.74 Å². The summed E-state index contributed by atoms with van der Waals surface area (Å²) in [4.78, 5) is 15.8. The summed E-state index contributed by atoms with van der Waals surface area (Å²) in [7, 11) is 1.38. The van der Waals surface area contributed by atoms with Crippen LogP contribution < -0.4 is 4.90 Å². The molecular weight excluding hydrogens is 304 g/mol. The van der Waals surface area contributed by atoms with E-state index >= 15 is 0 Å². The highest BCUT2D eigenvalue weighted by atomic mass is 32.1. The second-order valence-corrected chi connectivity index (χ2v) is 6.71. The summed E-state index contributed by atoms with van der Waals surface area (Å²) in [6, 6.07) is 6.16. The molecule has 0 unspecified atom stereocenters. The van der Waals surface area contributed by atoms with Gasteiger partial charge in [-0.25, -0.2) is 4.79 Å². The van der Waals surface area contributed by atoms with E-state index in [2.05, 4.69) is 11.0 Å². The molecule has 0 radical (unpaired) electrons. The van der Waals surface area contributed by atoms with Crippen molar-refractivity contribution >= 4 is 33.6 Å². The summed E-state index contributed by atoms with van der Waals surface area (Å²) >= 11 is 2.91. The Bertz CT molecular complexity index is 692. The van der Waals surface area contributed by atoms with Gasteiger partial charge in [-0.3, -0.25) is 0 Å². The third-order valence-corrected chi connectivity index (χ3v) is 5.65. The molecule has 1 aliphatic rings. The highest BCUT2D eigenvalue weighted by Gasteiger charge is 2.28. The van der Waals surface area contributed by atoms with E-state index in [0.29, 0.717) is 10.4 Å². The summed E-state index contributed by atoms with van der Waals surface area (Å²) in [6.45, 7) is 1.89. The van der Waals surface area contributed by atoms with Crippen LogP contribution in [0.1, 0.15) is 28.1 Å². The third kappa shape index (κ3) is 2.43. The number of rotatable bonds is 3. The average molecular weight is 318 g/mol. The minimum atomic E-state index is -0.370. The van der Waals surface area contributed by atoms with Gasteiger partial charge >= 0.3 is 5.97 Å². The van der Waals surface area contributed by atoms with Gasteiger partial charge in [-0.2, -0.15) is 5.26 Å². The summed E-state index contributed by atoms with van der Waals surface area (Å²) in [6.07, 6.45) is 2.26. The smallest absolute Gasteiger partial charge is 0.348 e. The molecule has 2 aromatic rings. The molecule has 0 atom stereocenters. The van der Waals surface area contributed by atoms with Crippen molar-refractivity contribution in [1.82, 2.24) is 0 Å². The molecule has 4 nitrogen and oxygen atoms in total. The zero-order valence-electron chi connectivity index (χ0n) is 11.6. The molecule has 0 saturated carbocycles. The van der Waals surface area contributed by atoms with E-state index in [1.165, 1.54) is 29.8 Å². The van der Waals surface area contributed by atoms with Gasteiger partial charge in [0.15, 0.2) is 0 Å². The predicted molar refractivity (Wildman–Crippen MR) is 85.1 cm³/mol. The normalized spacial score (nSPS) is 14.2. The Labute approximate surface area is 131 Å². The topological polar surface area (TPSA) is 53.3 Å². The number of esters is 1. The molecule has 6 heteroatoms. The Hall–Kier alpha value is -1.84. The number of nitrogens with zero attached hydrogens (tertiary/aromatic N) is 2. The Balaban J connectivity index is 2.19. The van der Waals surface area contributed by atoms with Crippen molar-refractivity contribution in [3.05, 3.63) is 28.0 Å². The number of anilines is 1. The monoisotopic (exact) mass is 318 g/mol. The summed E-state index contributed by atoms with van der Waals surface area (Å²) in [5.74, 6) is -0.370. The fourth-order valence-corrected chi connectivity index (χ4v) is 4.64. The van der Waals surface area contributed by atoms with Crippen molar-refractivity contribution in [3.63, 3.8) is 0 Å². The van der Waals surface area contributed by atoms with E-state index in [9.17, 15) is 10.1 Å². The molecule has 3 rings (SSSR count). The highest BCUT2D eigenvalue weighted by molar-refractivity contribution is 7.20. The zero-order valence-corrected chi connectivity index (χ0v) is 13.2. The average Bonchev–Trinajstić information content (AvgIpc) is 3.22. The highest BCUT2D eigenvalue weighted by Crippen LogP contribution is 2.44. The van der Waals surface area contributed by atoms with Crippen molar-refractivity contribution in [1.29, 1.82) is 5.26 Å². The molecule has 2 aromatic heterocycles. The number of ether oxygens (including phenoxy) is 1. The van der Waals surface area contributed by atoms with Crippen LogP contribution in [0.2, 0.25) is 0 Å². The van der Waals surface area contributed by atoms with Crippen LogP contribution in [0.4, 0.5) is 5.00 Å². The summed E-state index contributed by atoms with van der Waals surface area (Å²) < 4.78 is 4.90. The van der Waals surface area contributed by atoms with Gasteiger partial charge in [-0.05, 0) is 24.3 Å². The maximum atomic E-state index is 12.1. The van der Waals surface area contributed by atoms with Crippen LogP contribution in [0.5, 0.6) is 0 Å². The lowest BCUT2D eigenvalue weighted by molar-refractivity contribution is 0.0607. The van der Waals surface area contributed by atoms with Crippen molar-refractivity contribution < 1.29 is 9.53 Å². The van der Waals surface area contributed by atoms with Crippen LogP contribution in [0.15, 0.2) is 17.5 Å².